The third-order valence-corrected chi connectivity index (χ3v) is 7.59. The smallest absolute Gasteiger partial charge is 0.243 e. The maximum atomic E-state index is 15.1. The zero-order valence-electron chi connectivity index (χ0n) is 21.8. The number of ether oxygens (including phenoxy) is 2. The fraction of sp³-hybridized carbons (Fsp3) is 0.242. The molecule has 0 radical (unpaired) electrons. The first-order valence-corrected chi connectivity index (χ1v) is 13.1. The van der Waals surface area contributed by atoms with E-state index in [-0.39, 0.29) is 17.7 Å². The van der Waals surface area contributed by atoms with Crippen LogP contribution in [-0.4, -0.2) is 23.2 Å². The maximum Gasteiger partial charge on any atom is 0.243 e. The van der Waals surface area contributed by atoms with Crippen molar-refractivity contribution in [1.82, 2.24) is 0 Å². The lowest BCUT2D eigenvalue weighted by molar-refractivity contribution is -0.124. The molecule has 192 valence electrons. The van der Waals surface area contributed by atoms with Gasteiger partial charge in [0.2, 0.25) is 5.91 Å². The molecule has 1 amide bonds. The predicted molar refractivity (Wildman–Crippen MR) is 148 cm³/mol. The monoisotopic (exact) mass is 505 g/mol. The van der Waals surface area contributed by atoms with E-state index in [4.69, 9.17) is 9.47 Å². The summed E-state index contributed by atoms with van der Waals surface area (Å²) in [5.74, 6) is 0.877. The van der Waals surface area contributed by atoms with Crippen molar-refractivity contribution in [2.75, 3.05) is 11.5 Å². The molecule has 2 aliphatic heterocycles. The summed E-state index contributed by atoms with van der Waals surface area (Å²) in [6.07, 6.45) is 0.434. The van der Waals surface area contributed by atoms with Crippen molar-refractivity contribution in [2.45, 2.75) is 44.2 Å². The van der Waals surface area contributed by atoms with E-state index >= 15 is 4.79 Å². The molecule has 1 N–H and O–H groups in total. The number of fused-ring (bicyclic) bond motifs is 4. The molecule has 0 aromatic heterocycles. The Morgan fingerprint density at radius 2 is 1.50 bits per heavy atom. The zero-order chi connectivity index (χ0) is 26.5. The number of nitrogens with zero attached hydrogens (tertiary/aromatic N) is 1. The lowest BCUT2D eigenvalue weighted by atomic mass is 9.67. The number of phenols is 1. The lowest BCUT2D eigenvalue weighted by Gasteiger charge is -2.44. The van der Waals surface area contributed by atoms with Gasteiger partial charge in [-0.3, -0.25) is 9.69 Å². The van der Waals surface area contributed by atoms with Gasteiger partial charge in [-0.2, -0.15) is 0 Å². The number of hydrogen-bond acceptors (Lipinski definition) is 4. The average molecular weight is 506 g/mol. The summed E-state index contributed by atoms with van der Waals surface area (Å²) in [7, 11) is 0. The van der Waals surface area contributed by atoms with Crippen molar-refractivity contribution in [3.8, 4) is 17.2 Å². The maximum absolute atomic E-state index is 15.1. The second-order valence-electron chi connectivity index (χ2n) is 10.6. The standard InChI is InChI=1S/C33H31NO4/c1-4-37-29-20-28-25(19-27(29)35)33(21-32(2,3)38-28)24-17-11-12-18-26(24)34(31(33)36)30(22-13-7-5-8-14-22)23-15-9-6-10-16-23/h5-20,30,35H,4,21H2,1-3H3. The van der Waals surface area contributed by atoms with Crippen LogP contribution in [0.3, 0.4) is 0 Å². The molecule has 5 heteroatoms. The van der Waals surface area contributed by atoms with E-state index in [1.165, 1.54) is 0 Å². The van der Waals surface area contributed by atoms with Gasteiger partial charge >= 0.3 is 0 Å². The number of hydrogen-bond donors (Lipinski definition) is 1. The summed E-state index contributed by atoms with van der Waals surface area (Å²) in [5, 5.41) is 10.9. The highest BCUT2D eigenvalue weighted by Crippen LogP contribution is 2.59. The van der Waals surface area contributed by atoms with E-state index in [1.807, 2.05) is 86.3 Å². The van der Waals surface area contributed by atoms with Gasteiger partial charge in [-0.05, 0) is 49.6 Å². The van der Waals surface area contributed by atoms with Gasteiger partial charge in [-0.15, -0.1) is 0 Å². The molecule has 0 fully saturated rings. The van der Waals surface area contributed by atoms with Crippen LogP contribution in [0.4, 0.5) is 5.69 Å². The van der Waals surface area contributed by atoms with Gasteiger partial charge in [-0.1, -0.05) is 78.9 Å². The van der Waals surface area contributed by atoms with Crippen molar-refractivity contribution in [3.05, 3.63) is 119 Å². The molecular weight excluding hydrogens is 474 g/mol. The Labute approximate surface area is 223 Å². The Morgan fingerprint density at radius 3 is 2.13 bits per heavy atom. The zero-order valence-corrected chi connectivity index (χ0v) is 21.8. The topological polar surface area (TPSA) is 59.0 Å². The summed E-state index contributed by atoms with van der Waals surface area (Å²) in [5.41, 5.74) is 2.84. The summed E-state index contributed by atoms with van der Waals surface area (Å²) in [6, 6.07) is 31.4. The molecule has 1 atom stereocenters. The number of aromatic hydroxyl groups is 1. The molecule has 4 aromatic carbocycles. The molecule has 5 nitrogen and oxygen atoms in total. The molecule has 6 rings (SSSR count). The molecule has 4 aromatic rings. The molecular formula is C33H31NO4. The van der Waals surface area contributed by atoms with Crippen molar-refractivity contribution >= 4 is 11.6 Å². The second-order valence-corrected chi connectivity index (χ2v) is 10.6. The molecule has 1 unspecified atom stereocenters. The van der Waals surface area contributed by atoms with Gasteiger partial charge in [-0.25, -0.2) is 0 Å². The number of benzene rings is 4. The Kier molecular flexibility index (Phi) is 5.68. The van der Waals surface area contributed by atoms with Crippen LogP contribution in [0.1, 0.15) is 55.5 Å². The van der Waals surface area contributed by atoms with Gasteiger partial charge in [0.1, 0.15) is 16.8 Å². The van der Waals surface area contributed by atoms with Crippen LogP contribution in [0.2, 0.25) is 0 Å². The Bertz CT molecular complexity index is 1460. The van der Waals surface area contributed by atoms with Crippen molar-refractivity contribution in [1.29, 1.82) is 0 Å². The van der Waals surface area contributed by atoms with Gasteiger partial charge < -0.3 is 14.6 Å². The minimum absolute atomic E-state index is 0.000295. The van der Waals surface area contributed by atoms with Crippen LogP contribution < -0.4 is 14.4 Å². The highest BCUT2D eigenvalue weighted by Gasteiger charge is 2.59. The molecule has 0 aliphatic carbocycles. The number of rotatable bonds is 5. The fourth-order valence-corrected chi connectivity index (χ4v) is 6.23. The molecule has 38 heavy (non-hydrogen) atoms. The Hall–Kier alpha value is -4.25. The van der Waals surface area contributed by atoms with Crippen molar-refractivity contribution < 1.29 is 19.4 Å². The second kappa shape index (κ2) is 8.95. The number of amides is 1. The molecule has 0 bridgehead atoms. The number of carbonyl (C=O) groups is 1. The van der Waals surface area contributed by atoms with Crippen LogP contribution in [0.5, 0.6) is 17.2 Å². The highest BCUT2D eigenvalue weighted by molar-refractivity contribution is 6.12. The van der Waals surface area contributed by atoms with Crippen molar-refractivity contribution in [2.24, 2.45) is 0 Å². The van der Waals surface area contributed by atoms with Crippen molar-refractivity contribution in [3.63, 3.8) is 0 Å². The normalized spacial score (nSPS) is 19.3. The fourth-order valence-electron chi connectivity index (χ4n) is 6.23. The van der Waals surface area contributed by atoms with Crippen LogP contribution in [0.15, 0.2) is 97.1 Å². The van der Waals surface area contributed by atoms with Crippen LogP contribution in [0, 0.1) is 0 Å². The minimum Gasteiger partial charge on any atom is -0.504 e. The lowest BCUT2D eigenvalue weighted by Crippen LogP contribution is -2.51. The SMILES string of the molecule is CCOc1cc2c(cc1O)C1(CC(C)(C)O2)C(=O)N(C(c2ccccc2)c2ccccc2)c2ccccc21. The summed E-state index contributed by atoms with van der Waals surface area (Å²) in [4.78, 5) is 17.0. The highest BCUT2D eigenvalue weighted by atomic mass is 16.5. The van der Waals surface area contributed by atoms with Crippen LogP contribution in [0.25, 0.3) is 0 Å². The molecule has 2 aliphatic rings. The van der Waals surface area contributed by atoms with E-state index in [0.717, 1.165) is 22.4 Å². The third-order valence-electron chi connectivity index (χ3n) is 7.59. The number of phenolic OH excluding ortho intramolecular Hbond substituents is 1. The Balaban J connectivity index is 1.62. The summed E-state index contributed by atoms with van der Waals surface area (Å²) in [6.45, 7) is 6.30. The largest absolute Gasteiger partial charge is 0.504 e. The molecule has 2 heterocycles. The van der Waals surface area contributed by atoms with Gasteiger partial charge in [0.25, 0.3) is 0 Å². The molecule has 1 spiro atoms. The van der Waals surface area contributed by atoms with E-state index in [1.54, 1.807) is 12.1 Å². The molecule has 0 saturated heterocycles. The van der Waals surface area contributed by atoms with Gasteiger partial charge in [0.05, 0.1) is 12.6 Å². The predicted octanol–water partition coefficient (Wildman–Crippen LogP) is 6.77. The van der Waals surface area contributed by atoms with Gasteiger partial charge in [0, 0.05) is 23.7 Å². The first kappa shape index (κ1) is 24.1. The van der Waals surface area contributed by atoms with Crippen LogP contribution >= 0.6 is 0 Å². The van der Waals surface area contributed by atoms with E-state index in [2.05, 4.69) is 24.3 Å². The molecule has 0 saturated carbocycles. The van der Waals surface area contributed by atoms with Gasteiger partial charge in [0.15, 0.2) is 11.5 Å². The quantitative estimate of drug-likeness (QED) is 0.325. The first-order valence-electron chi connectivity index (χ1n) is 13.1. The van der Waals surface area contributed by atoms with E-state index in [0.29, 0.717) is 30.1 Å². The Morgan fingerprint density at radius 1 is 0.895 bits per heavy atom. The van der Waals surface area contributed by atoms with Crippen LogP contribution in [-0.2, 0) is 10.2 Å². The summed E-state index contributed by atoms with van der Waals surface area (Å²) < 4.78 is 12.1. The first-order chi connectivity index (χ1) is 18.4. The van der Waals surface area contributed by atoms with E-state index in [9.17, 15) is 5.11 Å². The number of anilines is 1. The minimum atomic E-state index is -1.03. The van der Waals surface area contributed by atoms with E-state index < -0.39 is 11.0 Å². The summed E-state index contributed by atoms with van der Waals surface area (Å²) >= 11 is 0. The number of para-hydroxylation sites is 1. The average Bonchev–Trinajstić information content (AvgIpc) is 3.14. The number of carbonyl (C=O) groups excluding carboxylic acids is 1. The third kappa shape index (κ3) is 3.65.